The summed E-state index contributed by atoms with van der Waals surface area (Å²) in [7, 11) is 1.55. The molecule has 0 spiro atoms. The quantitative estimate of drug-likeness (QED) is 0.708. The highest BCUT2D eigenvalue weighted by Gasteiger charge is 2.04. The molecule has 0 bridgehead atoms. The molecule has 2 aromatic rings. The molecule has 0 saturated carbocycles. The smallest absolute Gasteiger partial charge is 0.191 e. The van der Waals surface area contributed by atoms with Crippen molar-refractivity contribution in [2.24, 2.45) is 0 Å². The summed E-state index contributed by atoms with van der Waals surface area (Å²) in [5.74, 6) is 0.957. The summed E-state index contributed by atoms with van der Waals surface area (Å²) >= 11 is 0. The Hall–Kier alpha value is -1.97. The Morgan fingerprint density at radius 2 is 2.21 bits per heavy atom. The molecule has 14 heavy (non-hydrogen) atoms. The molecule has 1 aromatic carbocycles. The Kier molecular flexibility index (Phi) is 1.89. The molecule has 0 saturated heterocycles. The fourth-order valence-electron chi connectivity index (χ4n) is 1.43. The summed E-state index contributed by atoms with van der Waals surface area (Å²) < 4.78 is 5.11. The summed E-state index contributed by atoms with van der Waals surface area (Å²) in [6.45, 7) is 0. The highest BCUT2D eigenvalue weighted by atomic mass is 16.5. The van der Waals surface area contributed by atoms with Crippen LogP contribution < -0.4 is 15.9 Å². The molecule has 72 valence electrons. The number of nitrogens with two attached hydrogens (primary N) is 1. The first-order valence-electron chi connectivity index (χ1n) is 4.18. The van der Waals surface area contributed by atoms with E-state index < -0.39 is 0 Å². The van der Waals surface area contributed by atoms with Gasteiger partial charge in [0.1, 0.15) is 11.6 Å². The maximum absolute atomic E-state index is 11.5. The van der Waals surface area contributed by atoms with Gasteiger partial charge in [-0.25, -0.2) is 0 Å². The summed E-state index contributed by atoms with van der Waals surface area (Å²) in [4.78, 5) is 14.4. The number of H-pyrrole nitrogens is 1. The Bertz CT molecular complexity index is 531. The number of nitrogens with one attached hydrogen (secondary N) is 1. The third-order valence-corrected chi connectivity index (χ3v) is 2.07. The maximum Gasteiger partial charge on any atom is 0.191 e. The molecule has 0 aliphatic carbocycles. The van der Waals surface area contributed by atoms with Crippen LogP contribution in [-0.4, -0.2) is 12.1 Å². The van der Waals surface area contributed by atoms with E-state index in [1.54, 1.807) is 25.3 Å². The molecule has 2 rings (SSSR count). The van der Waals surface area contributed by atoms with Crippen LogP contribution in [0.25, 0.3) is 10.9 Å². The van der Waals surface area contributed by atoms with Gasteiger partial charge in [-0.2, -0.15) is 0 Å². The van der Waals surface area contributed by atoms with E-state index in [2.05, 4.69) is 4.98 Å². The number of hydrogen-bond donors (Lipinski definition) is 2. The van der Waals surface area contributed by atoms with Gasteiger partial charge >= 0.3 is 0 Å². The first-order valence-corrected chi connectivity index (χ1v) is 4.18. The molecule has 1 aromatic heterocycles. The van der Waals surface area contributed by atoms with Gasteiger partial charge in [0.15, 0.2) is 5.43 Å². The molecule has 4 nitrogen and oxygen atoms in total. The SMILES string of the molecule is COc1cccc2c(=O)cc(N)[nH]c12. The highest BCUT2D eigenvalue weighted by Crippen LogP contribution is 2.21. The average molecular weight is 190 g/mol. The molecule has 4 heteroatoms. The number of hydrogen-bond acceptors (Lipinski definition) is 3. The Balaban J connectivity index is 2.94. The average Bonchev–Trinajstić information content (AvgIpc) is 2.17. The number of anilines is 1. The van der Waals surface area contributed by atoms with Gasteiger partial charge in [-0.1, -0.05) is 6.07 Å². The van der Waals surface area contributed by atoms with E-state index in [1.165, 1.54) is 6.07 Å². The molecular weight excluding hydrogens is 180 g/mol. The predicted molar refractivity (Wildman–Crippen MR) is 55.5 cm³/mol. The van der Waals surface area contributed by atoms with Crippen molar-refractivity contribution >= 4 is 16.7 Å². The largest absolute Gasteiger partial charge is 0.495 e. The fraction of sp³-hybridized carbons (Fsp3) is 0.100. The monoisotopic (exact) mass is 190 g/mol. The molecule has 0 radical (unpaired) electrons. The molecule has 0 atom stereocenters. The van der Waals surface area contributed by atoms with E-state index >= 15 is 0 Å². The zero-order valence-electron chi connectivity index (χ0n) is 7.70. The number of nitrogen functional groups attached to an aromatic ring is 1. The Morgan fingerprint density at radius 3 is 2.93 bits per heavy atom. The standard InChI is InChI=1S/C10H10N2O2/c1-14-8-4-2-3-6-7(13)5-9(11)12-10(6)8/h2-5H,1H3,(H3,11,12,13). The van der Waals surface area contributed by atoms with E-state index in [4.69, 9.17) is 10.5 Å². The van der Waals surface area contributed by atoms with Gasteiger partial charge < -0.3 is 15.5 Å². The van der Waals surface area contributed by atoms with Crippen molar-refractivity contribution in [2.75, 3.05) is 12.8 Å². The van der Waals surface area contributed by atoms with E-state index in [-0.39, 0.29) is 5.43 Å². The number of fused-ring (bicyclic) bond motifs is 1. The number of ether oxygens (including phenoxy) is 1. The zero-order valence-corrected chi connectivity index (χ0v) is 7.70. The predicted octanol–water partition coefficient (Wildman–Crippen LogP) is 1.12. The molecule has 3 N–H and O–H groups in total. The summed E-state index contributed by atoms with van der Waals surface area (Å²) in [5.41, 5.74) is 6.07. The number of aromatic nitrogens is 1. The van der Waals surface area contributed by atoms with Crippen LogP contribution in [0.15, 0.2) is 29.1 Å². The van der Waals surface area contributed by atoms with Gasteiger partial charge in [0.2, 0.25) is 0 Å². The lowest BCUT2D eigenvalue weighted by molar-refractivity contribution is 0.419. The van der Waals surface area contributed by atoms with Crippen molar-refractivity contribution in [3.8, 4) is 5.75 Å². The second-order valence-corrected chi connectivity index (χ2v) is 2.97. The molecule has 0 unspecified atom stereocenters. The van der Waals surface area contributed by atoms with Crippen LogP contribution in [-0.2, 0) is 0 Å². The van der Waals surface area contributed by atoms with Gasteiger partial charge in [0.05, 0.1) is 12.6 Å². The normalized spacial score (nSPS) is 10.4. The van der Waals surface area contributed by atoms with Crippen LogP contribution in [0.3, 0.4) is 0 Å². The van der Waals surface area contributed by atoms with Crippen LogP contribution in [0, 0.1) is 0 Å². The lowest BCUT2D eigenvalue weighted by atomic mass is 10.2. The topological polar surface area (TPSA) is 68.1 Å². The van der Waals surface area contributed by atoms with Gasteiger partial charge in [-0.15, -0.1) is 0 Å². The lowest BCUT2D eigenvalue weighted by Gasteiger charge is -2.05. The Morgan fingerprint density at radius 1 is 1.43 bits per heavy atom. The molecule has 0 aliphatic rings. The van der Waals surface area contributed by atoms with Crippen LogP contribution >= 0.6 is 0 Å². The van der Waals surface area contributed by atoms with Crippen molar-refractivity contribution in [1.82, 2.24) is 4.98 Å². The second-order valence-electron chi connectivity index (χ2n) is 2.97. The number of pyridine rings is 1. The minimum absolute atomic E-state index is 0.102. The molecule has 0 fully saturated rings. The second kappa shape index (κ2) is 3.06. The number of para-hydroxylation sites is 1. The van der Waals surface area contributed by atoms with Crippen LogP contribution in [0.1, 0.15) is 0 Å². The highest BCUT2D eigenvalue weighted by molar-refractivity contribution is 5.85. The molecule has 1 heterocycles. The number of methoxy groups -OCH3 is 1. The van der Waals surface area contributed by atoms with E-state index in [0.717, 1.165) is 0 Å². The first kappa shape index (κ1) is 8.62. The van der Waals surface area contributed by atoms with Crippen molar-refractivity contribution in [2.45, 2.75) is 0 Å². The molecular formula is C10H10N2O2. The van der Waals surface area contributed by atoms with Gasteiger partial charge in [0.25, 0.3) is 0 Å². The first-order chi connectivity index (χ1) is 6.72. The molecule has 0 aliphatic heterocycles. The van der Waals surface area contributed by atoms with E-state index in [1.807, 2.05) is 0 Å². The Labute approximate surface area is 80.3 Å². The van der Waals surface area contributed by atoms with Crippen molar-refractivity contribution < 1.29 is 4.74 Å². The van der Waals surface area contributed by atoms with Crippen LogP contribution in [0.2, 0.25) is 0 Å². The number of rotatable bonds is 1. The van der Waals surface area contributed by atoms with Crippen molar-refractivity contribution in [3.63, 3.8) is 0 Å². The van der Waals surface area contributed by atoms with Gasteiger partial charge in [0, 0.05) is 11.5 Å². The van der Waals surface area contributed by atoms with Gasteiger partial charge in [-0.3, -0.25) is 4.79 Å². The molecule has 0 amide bonds. The zero-order chi connectivity index (χ0) is 10.1. The third kappa shape index (κ3) is 1.21. The van der Waals surface area contributed by atoms with Gasteiger partial charge in [-0.05, 0) is 12.1 Å². The maximum atomic E-state index is 11.5. The fourth-order valence-corrected chi connectivity index (χ4v) is 1.43. The summed E-state index contributed by atoms with van der Waals surface area (Å²) in [5, 5.41) is 0.582. The minimum atomic E-state index is -0.102. The minimum Gasteiger partial charge on any atom is -0.495 e. The van der Waals surface area contributed by atoms with E-state index in [9.17, 15) is 4.79 Å². The lowest BCUT2D eigenvalue weighted by Crippen LogP contribution is -2.05. The van der Waals surface area contributed by atoms with Crippen molar-refractivity contribution in [3.05, 3.63) is 34.5 Å². The third-order valence-electron chi connectivity index (χ3n) is 2.07. The van der Waals surface area contributed by atoms with Crippen LogP contribution in [0.4, 0.5) is 5.82 Å². The summed E-state index contributed by atoms with van der Waals surface area (Å²) in [6.07, 6.45) is 0. The number of aromatic amines is 1. The summed E-state index contributed by atoms with van der Waals surface area (Å²) in [6, 6.07) is 6.64. The number of benzene rings is 1. The van der Waals surface area contributed by atoms with Crippen LogP contribution in [0.5, 0.6) is 5.75 Å². The van der Waals surface area contributed by atoms with E-state index in [0.29, 0.717) is 22.5 Å². The van der Waals surface area contributed by atoms with Crippen molar-refractivity contribution in [1.29, 1.82) is 0 Å².